The van der Waals surface area contributed by atoms with Crippen LogP contribution < -0.4 is 16.0 Å². The molecular weight excluding hydrogens is 294 g/mol. The number of rotatable bonds is 5. The van der Waals surface area contributed by atoms with Gasteiger partial charge in [-0.15, -0.1) is 0 Å². The van der Waals surface area contributed by atoms with Crippen molar-refractivity contribution in [2.45, 2.75) is 6.04 Å². The van der Waals surface area contributed by atoms with Crippen molar-refractivity contribution in [2.75, 3.05) is 32.8 Å². The molecule has 1 aromatic carbocycles. The Bertz CT molecular complexity index is 487. The SMILES string of the molecule is O=C(NCCNC(=O)C1COCCN1)c1ccc(Cl)cc1. The van der Waals surface area contributed by atoms with Gasteiger partial charge in [0.1, 0.15) is 6.04 Å². The number of hydrogen-bond acceptors (Lipinski definition) is 4. The summed E-state index contributed by atoms with van der Waals surface area (Å²) in [7, 11) is 0. The number of carbonyl (C=O) groups is 2. The van der Waals surface area contributed by atoms with Gasteiger partial charge >= 0.3 is 0 Å². The minimum Gasteiger partial charge on any atom is -0.378 e. The van der Waals surface area contributed by atoms with Crippen molar-refractivity contribution in [3.8, 4) is 0 Å². The van der Waals surface area contributed by atoms with Crippen LogP contribution in [-0.2, 0) is 9.53 Å². The quantitative estimate of drug-likeness (QED) is 0.678. The van der Waals surface area contributed by atoms with Crippen LogP contribution >= 0.6 is 11.6 Å². The summed E-state index contributed by atoms with van der Waals surface area (Å²) in [6.07, 6.45) is 0. The molecule has 2 rings (SSSR count). The molecule has 0 aliphatic carbocycles. The van der Waals surface area contributed by atoms with Crippen molar-refractivity contribution < 1.29 is 14.3 Å². The predicted octanol–water partition coefficient (Wildman–Crippen LogP) is 0.174. The van der Waals surface area contributed by atoms with E-state index in [-0.39, 0.29) is 17.9 Å². The zero-order chi connectivity index (χ0) is 15.1. The molecule has 0 aromatic heterocycles. The first-order chi connectivity index (χ1) is 10.2. The molecule has 0 spiro atoms. The van der Waals surface area contributed by atoms with E-state index in [2.05, 4.69) is 16.0 Å². The molecule has 1 saturated heterocycles. The van der Waals surface area contributed by atoms with Gasteiger partial charge in [0, 0.05) is 30.2 Å². The molecule has 7 heteroatoms. The maximum atomic E-state index is 11.8. The Morgan fingerprint density at radius 1 is 1.24 bits per heavy atom. The number of amides is 2. The number of nitrogens with one attached hydrogen (secondary N) is 3. The fraction of sp³-hybridized carbons (Fsp3) is 0.429. The average molecular weight is 312 g/mol. The smallest absolute Gasteiger partial charge is 0.251 e. The molecule has 0 bridgehead atoms. The van der Waals surface area contributed by atoms with Crippen molar-refractivity contribution in [1.82, 2.24) is 16.0 Å². The van der Waals surface area contributed by atoms with Crippen LogP contribution in [-0.4, -0.2) is 50.7 Å². The van der Waals surface area contributed by atoms with Crippen LogP contribution in [0.3, 0.4) is 0 Å². The highest BCUT2D eigenvalue weighted by atomic mass is 35.5. The summed E-state index contributed by atoms with van der Waals surface area (Å²) in [6.45, 7) is 2.41. The van der Waals surface area contributed by atoms with E-state index in [1.54, 1.807) is 24.3 Å². The Kier molecular flexibility index (Phi) is 5.98. The first-order valence-corrected chi connectivity index (χ1v) is 7.17. The molecule has 1 unspecified atom stereocenters. The van der Waals surface area contributed by atoms with Crippen LogP contribution in [0.5, 0.6) is 0 Å². The lowest BCUT2D eigenvalue weighted by atomic mass is 10.2. The fourth-order valence-electron chi connectivity index (χ4n) is 1.92. The van der Waals surface area contributed by atoms with Crippen molar-refractivity contribution in [2.24, 2.45) is 0 Å². The molecule has 2 amide bonds. The third kappa shape index (κ3) is 5.00. The molecule has 0 radical (unpaired) electrons. The normalized spacial score (nSPS) is 18.0. The third-order valence-electron chi connectivity index (χ3n) is 3.05. The molecule has 6 nitrogen and oxygen atoms in total. The molecule has 114 valence electrons. The van der Waals surface area contributed by atoms with Crippen LogP contribution in [0.25, 0.3) is 0 Å². The van der Waals surface area contributed by atoms with Gasteiger partial charge in [0.15, 0.2) is 0 Å². The second-order valence-electron chi connectivity index (χ2n) is 4.64. The Morgan fingerprint density at radius 2 is 1.95 bits per heavy atom. The molecule has 1 aliphatic heterocycles. The van der Waals surface area contributed by atoms with Gasteiger partial charge in [-0.3, -0.25) is 9.59 Å². The van der Waals surface area contributed by atoms with Crippen LogP contribution in [0, 0.1) is 0 Å². The third-order valence-corrected chi connectivity index (χ3v) is 3.31. The molecular formula is C14H18ClN3O3. The number of halogens is 1. The van der Waals surface area contributed by atoms with Gasteiger partial charge in [0.25, 0.3) is 5.91 Å². The summed E-state index contributed by atoms with van der Waals surface area (Å²) in [5.74, 6) is -0.310. The lowest BCUT2D eigenvalue weighted by Gasteiger charge is -2.22. The van der Waals surface area contributed by atoms with E-state index in [1.807, 2.05) is 0 Å². The van der Waals surface area contributed by atoms with Crippen LogP contribution in [0.4, 0.5) is 0 Å². The summed E-state index contributed by atoms with van der Waals surface area (Å²) >= 11 is 5.76. The largest absolute Gasteiger partial charge is 0.378 e. The summed E-state index contributed by atoms with van der Waals surface area (Å²) < 4.78 is 5.21. The topological polar surface area (TPSA) is 79.5 Å². The first kappa shape index (κ1) is 15.8. The zero-order valence-corrected chi connectivity index (χ0v) is 12.3. The lowest BCUT2D eigenvalue weighted by Crippen LogP contribution is -2.52. The molecule has 3 N–H and O–H groups in total. The Morgan fingerprint density at radius 3 is 2.62 bits per heavy atom. The van der Waals surface area contributed by atoms with Crippen molar-refractivity contribution in [3.63, 3.8) is 0 Å². The van der Waals surface area contributed by atoms with E-state index in [4.69, 9.17) is 16.3 Å². The van der Waals surface area contributed by atoms with Crippen LogP contribution in [0.1, 0.15) is 10.4 Å². The summed E-state index contributed by atoms with van der Waals surface area (Å²) in [4.78, 5) is 23.6. The maximum absolute atomic E-state index is 11.8. The number of benzene rings is 1. The van der Waals surface area contributed by atoms with Crippen molar-refractivity contribution >= 4 is 23.4 Å². The minimum absolute atomic E-state index is 0.115. The van der Waals surface area contributed by atoms with Crippen LogP contribution in [0.15, 0.2) is 24.3 Å². The van der Waals surface area contributed by atoms with Crippen molar-refractivity contribution in [3.05, 3.63) is 34.9 Å². The Hall–Kier alpha value is -1.63. The molecule has 0 saturated carbocycles. The molecule has 1 aromatic rings. The van der Waals surface area contributed by atoms with Gasteiger partial charge in [0.2, 0.25) is 5.91 Å². The number of carbonyl (C=O) groups excluding carboxylic acids is 2. The minimum atomic E-state index is -0.314. The van der Waals surface area contributed by atoms with E-state index in [0.717, 1.165) is 0 Å². The van der Waals surface area contributed by atoms with Gasteiger partial charge in [-0.05, 0) is 24.3 Å². The second-order valence-corrected chi connectivity index (χ2v) is 5.07. The fourth-order valence-corrected chi connectivity index (χ4v) is 2.05. The molecule has 1 heterocycles. The van der Waals surface area contributed by atoms with E-state index in [0.29, 0.717) is 43.4 Å². The van der Waals surface area contributed by atoms with Gasteiger partial charge in [-0.1, -0.05) is 11.6 Å². The summed E-state index contributed by atoms with van der Waals surface area (Å²) in [5, 5.41) is 9.13. The first-order valence-electron chi connectivity index (χ1n) is 6.79. The molecule has 1 atom stereocenters. The number of hydrogen-bond donors (Lipinski definition) is 3. The number of ether oxygens (including phenoxy) is 1. The van der Waals surface area contributed by atoms with E-state index in [9.17, 15) is 9.59 Å². The lowest BCUT2D eigenvalue weighted by molar-refractivity contribution is -0.125. The zero-order valence-electron chi connectivity index (χ0n) is 11.5. The average Bonchev–Trinajstić information content (AvgIpc) is 2.52. The second kappa shape index (κ2) is 7.97. The standard InChI is InChI=1S/C14H18ClN3O3/c15-11-3-1-10(2-4-11)13(19)17-5-6-18-14(20)12-9-21-8-7-16-12/h1-4,12,16H,5-9H2,(H,17,19)(H,18,20). The van der Waals surface area contributed by atoms with E-state index >= 15 is 0 Å². The highest BCUT2D eigenvalue weighted by Gasteiger charge is 2.20. The summed E-state index contributed by atoms with van der Waals surface area (Å²) in [5.41, 5.74) is 0.535. The predicted molar refractivity (Wildman–Crippen MR) is 79.4 cm³/mol. The Labute approximate surface area is 128 Å². The Balaban J connectivity index is 1.66. The monoisotopic (exact) mass is 311 g/mol. The van der Waals surface area contributed by atoms with E-state index in [1.165, 1.54) is 0 Å². The highest BCUT2D eigenvalue weighted by Crippen LogP contribution is 2.09. The number of morpholine rings is 1. The van der Waals surface area contributed by atoms with Gasteiger partial charge in [0.05, 0.1) is 13.2 Å². The molecule has 1 fully saturated rings. The van der Waals surface area contributed by atoms with Gasteiger partial charge in [-0.25, -0.2) is 0 Å². The van der Waals surface area contributed by atoms with Crippen molar-refractivity contribution in [1.29, 1.82) is 0 Å². The van der Waals surface area contributed by atoms with E-state index < -0.39 is 0 Å². The molecule has 1 aliphatic rings. The molecule has 21 heavy (non-hydrogen) atoms. The highest BCUT2D eigenvalue weighted by molar-refractivity contribution is 6.30. The maximum Gasteiger partial charge on any atom is 0.251 e. The summed E-state index contributed by atoms with van der Waals surface area (Å²) in [6, 6.07) is 6.31. The van der Waals surface area contributed by atoms with Crippen LogP contribution in [0.2, 0.25) is 5.02 Å². The van der Waals surface area contributed by atoms with Gasteiger partial charge < -0.3 is 20.7 Å². The van der Waals surface area contributed by atoms with Gasteiger partial charge in [-0.2, -0.15) is 0 Å².